The van der Waals surface area contributed by atoms with Crippen LogP contribution in [0, 0.1) is 0 Å². The highest BCUT2D eigenvalue weighted by Gasteiger charge is 2.21. The van der Waals surface area contributed by atoms with E-state index in [2.05, 4.69) is 26.9 Å². The fourth-order valence-corrected chi connectivity index (χ4v) is 3.73. The van der Waals surface area contributed by atoms with E-state index in [9.17, 15) is 8.42 Å². The quantitative estimate of drug-likeness (QED) is 0.273. The Balaban J connectivity index is 0.00000400. The third-order valence-corrected chi connectivity index (χ3v) is 5.21. The number of aliphatic imine (C=N–C) groups is 1. The molecule has 0 aromatic rings. The SMILES string of the molecule is CCC1CN(C(=NC)NCCCNS(C)(=O)=O)CCS1.I. The van der Waals surface area contributed by atoms with E-state index in [0.29, 0.717) is 11.8 Å². The van der Waals surface area contributed by atoms with E-state index in [1.54, 1.807) is 7.05 Å². The zero-order chi connectivity index (χ0) is 15.0. The van der Waals surface area contributed by atoms with Crippen molar-refractivity contribution in [2.75, 3.05) is 45.2 Å². The van der Waals surface area contributed by atoms with Crippen molar-refractivity contribution < 1.29 is 8.42 Å². The van der Waals surface area contributed by atoms with Gasteiger partial charge in [-0.3, -0.25) is 4.99 Å². The summed E-state index contributed by atoms with van der Waals surface area (Å²) in [5.74, 6) is 2.05. The number of rotatable bonds is 6. The van der Waals surface area contributed by atoms with Crippen LogP contribution in [0.25, 0.3) is 0 Å². The van der Waals surface area contributed by atoms with Crippen LogP contribution in [0.5, 0.6) is 0 Å². The van der Waals surface area contributed by atoms with Gasteiger partial charge >= 0.3 is 0 Å². The molecule has 0 aromatic heterocycles. The zero-order valence-electron chi connectivity index (χ0n) is 13.0. The molecule has 21 heavy (non-hydrogen) atoms. The Bertz CT molecular complexity index is 417. The molecule has 0 spiro atoms. The minimum Gasteiger partial charge on any atom is -0.356 e. The van der Waals surface area contributed by atoms with Gasteiger partial charge in [0, 0.05) is 44.2 Å². The van der Waals surface area contributed by atoms with Crippen LogP contribution < -0.4 is 10.0 Å². The minimum atomic E-state index is -3.08. The third kappa shape index (κ3) is 9.09. The van der Waals surface area contributed by atoms with Crippen molar-refractivity contribution in [2.45, 2.75) is 25.0 Å². The van der Waals surface area contributed by atoms with Crippen molar-refractivity contribution in [2.24, 2.45) is 4.99 Å². The van der Waals surface area contributed by atoms with Gasteiger partial charge < -0.3 is 10.2 Å². The number of hydrogen-bond acceptors (Lipinski definition) is 4. The highest BCUT2D eigenvalue weighted by atomic mass is 127. The topological polar surface area (TPSA) is 73.8 Å². The predicted molar refractivity (Wildman–Crippen MR) is 102 cm³/mol. The summed E-state index contributed by atoms with van der Waals surface area (Å²) >= 11 is 2.03. The van der Waals surface area contributed by atoms with Gasteiger partial charge in [-0.15, -0.1) is 24.0 Å². The van der Waals surface area contributed by atoms with Crippen molar-refractivity contribution in [3.8, 4) is 0 Å². The van der Waals surface area contributed by atoms with Gasteiger partial charge in [0.2, 0.25) is 10.0 Å². The Morgan fingerprint density at radius 1 is 1.43 bits per heavy atom. The number of halogens is 1. The molecule has 0 aliphatic carbocycles. The summed E-state index contributed by atoms with van der Waals surface area (Å²) in [5, 5.41) is 3.98. The molecule has 1 aliphatic rings. The Labute approximate surface area is 150 Å². The second-order valence-electron chi connectivity index (χ2n) is 4.84. The fourth-order valence-electron chi connectivity index (χ4n) is 2.04. The molecule has 0 aromatic carbocycles. The molecule has 0 saturated carbocycles. The number of sulfonamides is 1. The van der Waals surface area contributed by atoms with Crippen molar-refractivity contribution >= 4 is 51.7 Å². The summed E-state index contributed by atoms with van der Waals surface area (Å²) in [6.45, 7) is 5.44. The lowest BCUT2D eigenvalue weighted by molar-refractivity contribution is 0.408. The Morgan fingerprint density at radius 2 is 2.14 bits per heavy atom. The van der Waals surface area contributed by atoms with E-state index in [1.165, 1.54) is 12.7 Å². The van der Waals surface area contributed by atoms with Crippen LogP contribution >= 0.6 is 35.7 Å². The summed E-state index contributed by atoms with van der Waals surface area (Å²) < 4.78 is 24.4. The normalized spacial score (nSPS) is 20.0. The average molecular weight is 450 g/mol. The molecule has 1 atom stereocenters. The molecule has 0 bridgehead atoms. The predicted octanol–water partition coefficient (Wildman–Crippen LogP) is 0.947. The van der Waals surface area contributed by atoms with Gasteiger partial charge in [-0.05, 0) is 12.8 Å². The molecule has 6 nitrogen and oxygen atoms in total. The maximum Gasteiger partial charge on any atom is 0.208 e. The van der Waals surface area contributed by atoms with Crippen LogP contribution in [0.1, 0.15) is 19.8 Å². The van der Waals surface area contributed by atoms with Gasteiger partial charge in [-0.1, -0.05) is 6.92 Å². The van der Waals surface area contributed by atoms with E-state index in [-0.39, 0.29) is 24.0 Å². The molecule has 1 unspecified atom stereocenters. The summed E-state index contributed by atoms with van der Waals surface area (Å²) in [6, 6.07) is 0. The third-order valence-electron chi connectivity index (χ3n) is 3.11. The Kier molecular flexibility index (Phi) is 11.0. The zero-order valence-corrected chi connectivity index (χ0v) is 16.9. The summed E-state index contributed by atoms with van der Waals surface area (Å²) in [6.07, 6.45) is 3.10. The maximum absolute atomic E-state index is 10.9. The second-order valence-corrected chi connectivity index (χ2v) is 8.08. The lowest BCUT2D eigenvalue weighted by Gasteiger charge is -2.34. The largest absolute Gasteiger partial charge is 0.356 e. The Hall–Kier alpha value is 0.260. The van der Waals surface area contributed by atoms with Crippen LogP contribution in [-0.4, -0.2) is 69.8 Å². The van der Waals surface area contributed by atoms with Gasteiger partial charge in [-0.2, -0.15) is 11.8 Å². The van der Waals surface area contributed by atoms with Crippen LogP contribution in [0.2, 0.25) is 0 Å². The van der Waals surface area contributed by atoms with Crippen LogP contribution in [0.4, 0.5) is 0 Å². The van der Waals surface area contributed by atoms with Crippen molar-refractivity contribution in [3.05, 3.63) is 0 Å². The Morgan fingerprint density at radius 3 is 2.71 bits per heavy atom. The second kappa shape index (κ2) is 10.9. The van der Waals surface area contributed by atoms with Crippen molar-refractivity contribution in [3.63, 3.8) is 0 Å². The summed E-state index contributed by atoms with van der Waals surface area (Å²) in [4.78, 5) is 6.60. The van der Waals surface area contributed by atoms with Crippen LogP contribution in [0.15, 0.2) is 4.99 Å². The van der Waals surface area contributed by atoms with E-state index >= 15 is 0 Å². The van der Waals surface area contributed by atoms with E-state index in [0.717, 1.165) is 37.8 Å². The van der Waals surface area contributed by atoms with E-state index < -0.39 is 10.0 Å². The number of nitrogens with zero attached hydrogens (tertiary/aromatic N) is 2. The summed E-state index contributed by atoms with van der Waals surface area (Å²) in [7, 11) is -1.29. The maximum atomic E-state index is 10.9. The lowest BCUT2D eigenvalue weighted by atomic mass is 10.3. The first-order valence-electron chi connectivity index (χ1n) is 6.98. The number of nitrogens with one attached hydrogen (secondary N) is 2. The smallest absolute Gasteiger partial charge is 0.208 e. The number of thioether (sulfide) groups is 1. The van der Waals surface area contributed by atoms with E-state index in [1.807, 2.05) is 11.8 Å². The van der Waals surface area contributed by atoms with Gasteiger partial charge in [0.1, 0.15) is 0 Å². The number of hydrogen-bond donors (Lipinski definition) is 2. The molecule has 1 fully saturated rings. The standard InChI is InChI=1S/C12H26N4O2S2.HI/c1-4-11-10-16(8-9-19-11)12(13-2)14-6-5-7-15-20(3,17)18;/h11,15H,4-10H2,1-3H3,(H,13,14);1H. The molecule has 1 aliphatic heterocycles. The first kappa shape index (κ1) is 21.3. The van der Waals surface area contributed by atoms with Crippen LogP contribution in [0.3, 0.4) is 0 Å². The highest BCUT2D eigenvalue weighted by Crippen LogP contribution is 2.20. The first-order chi connectivity index (χ1) is 9.46. The van der Waals surface area contributed by atoms with Gasteiger partial charge in [-0.25, -0.2) is 13.1 Å². The van der Waals surface area contributed by atoms with Crippen LogP contribution in [-0.2, 0) is 10.0 Å². The molecular formula is C12H27IN4O2S2. The monoisotopic (exact) mass is 450 g/mol. The molecule has 1 heterocycles. The molecule has 9 heteroatoms. The van der Waals surface area contributed by atoms with Crippen molar-refractivity contribution in [1.29, 1.82) is 0 Å². The lowest BCUT2D eigenvalue weighted by Crippen LogP contribution is -2.48. The molecule has 2 N–H and O–H groups in total. The van der Waals surface area contributed by atoms with Gasteiger partial charge in [0.05, 0.1) is 6.26 Å². The minimum absolute atomic E-state index is 0. The van der Waals surface area contributed by atoms with Gasteiger partial charge in [0.25, 0.3) is 0 Å². The van der Waals surface area contributed by atoms with Crippen molar-refractivity contribution in [1.82, 2.24) is 14.9 Å². The molecule has 1 saturated heterocycles. The fraction of sp³-hybridized carbons (Fsp3) is 0.917. The molecule has 0 amide bonds. The molecular weight excluding hydrogens is 423 g/mol. The first-order valence-corrected chi connectivity index (χ1v) is 9.92. The molecule has 0 radical (unpaired) electrons. The molecule has 126 valence electrons. The molecule has 1 rings (SSSR count). The average Bonchev–Trinajstić information content (AvgIpc) is 2.41. The number of guanidine groups is 1. The summed E-state index contributed by atoms with van der Waals surface area (Å²) in [5.41, 5.74) is 0. The highest BCUT2D eigenvalue weighted by molar-refractivity contribution is 14.0. The van der Waals surface area contributed by atoms with E-state index in [4.69, 9.17) is 0 Å². The van der Waals surface area contributed by atoms with Gasteiger partial charge in [0.15, 0.2) is 5.96 Å².